The summed E-state index contributed by atoms with van der Waals surface area (Å²) in [6.07, 6.45) is 9.28. The fourth-order valence-electron chi connectivity index (χ4n) is 4.59. The molecule has 0 amide bonds. The Balaban J connectivity index is 1.43. The minimum atomic E-state index is 0.0314. The summed E-state index contributed by atoms with van der Waals surface area (Å²) in [7, 11) is 0. The predicted molar refractivity (Wildman–Crippen MR) is 133 cm³/mol. The summed E-state index contributed by atoms with van der Waals surface area (Å²) in [5, 5.41) is 5.38. The number of rotatable bonds is 8. The van der Waals surface area contributed by atoms with Gasteiger partial charge in [0.05, 0.1) is 22.4 Å². The van der Waals surface area contributed by atoms with Crippen LogP contribution in [0.4, 0.5) is 9.57 Å². The zero-order valence-corrected chi connectivity index (χ0v) is 19.2. The first kappa shape index (κ1) is 21.9. The van der Waals surface area contributed by atoms with E-state index in [1.54, 1.807) is 12.3 Å². The average Bonchev–Trinajstić information content (AvgIpc) is 3.24. The number of nitrogens with one attached hydrogen (secondary N) is 1. The van der Waals surface area contributed by atoms with Crippen molar-refractivity contribution in [1.29, 1.82) is 0 Å². The van der Waals surface area contributed by atoms with Gasteiger partial charge in [-0.25, -0.2) is 4.98 Å². The van der Waals surface area contributed by atoms with Crippen molar-refractivity contribution >= 4 is 46.1 Å². The van der Waals surface area contributed by atoms with E-state index >= 15 is 0 Å². The van der Waals surface area contributed by atoms with Gasteiger partial charge < -0.3 is 10.2 Å². The molecule has 1 N–H and O–H groups in total. The van der Waals surface area contributed by atoms with E-state index in [4.69, 9.17) is 4.98 Å². The number of nitrogens with zero attached hydrogens (tertiary/aromatic N) is 4. The molecule has 0 unspecified atom stereocenters. The number of pyridine rings is 2. The van der Waals surface area contributed by atoms with Crippen LogP contribution in [0.2, 0.25) is 0 Å². The molecule has 1 saturated heterocycles. The molecule has 1 fully saturated rings. The first-order valence-corrected chi connectivity index (χ1v) is 12.1. The van der Waals surface area contributed by atoms with Crippen LogP contribution in [0.15, 0.2) is 48.8 Å². The Kier molecular flexibility index (Phi) is 6.55. The van der Waals surface area contributed by atoms with E-state index in [9.17, 15) is 8.68 Å². The number of fused-ring (bicyclic) bond motifs is 2. The molecular formula is C25H26FN5OS. The first-order chi connectivity index (χ1) is 16.3. The van der Waals surface area contributed by atoms with Crippen LogP contribution in [0, 0.1) is 0 Å². The van der Waals surface area contributed by atoms with Crippen LogP contribution in [0.25, 0.3) is 33.1 Å². The number of halogens is 1. The Morgan fingerprint density at radius 3 is 2.82 bits per heavy atom. The monoisotopic (exact) mass is 463 g/mol. The second-order valence-corrected chi connectivity index (χ2v) is 8.96. The van der Waals surface area contributed by atoms with Gasteiger partial charge in [0.1, 0.15) is 0 Å². The molecule has 0 saturated carbocycles. The summed E-state index contributed by atoms with van der Waals surface area (Å²) in [4.78, 5) is 23.0. The van der Waals surface area contributed by atoms with Crippen LogP contribution >= 0.6 is 12.3 Å². The highest BCUT2D eigenvalue weighted by atomic mass is 32.2. The Morgan fingerprint density at radius 1 is 1.12 bits per heavy atom. The van der Waals surface area contributed by atoms with Crippen molar-refractivity contribution in [2.45, 2.75) is 25.7 Å². The molecule has 1 aliphatic heterocycles. The molecule has 3 aromatic heterocycles. The van der Waals surface area contributed by atoms with Gasteiger partial charge >= 0.3 is 0 Å². The minimum absolute atomic E-state index is 0.0314. The average molecular weight is 464 g/mol. The molecule has 1 aliphatic rings. The number of aldehydes is 1. The van der Waals surface area contributed by atoms with Crippen molar-refractivity contribution in [3.05, 3.63) is 54.5 Å². The van der Waals surface area contributed by atoms with E-state index < -0.39 is 0 Å². The van der Waals surface area contributed by atoms with Crippen LogP contribution in [0.1, 0.15) is 36.2 Å². The quantitative estimate of drug-likeness (QED) is 0.266. The number of piperidine rings is 1. The summed E-state index contributed by atoms with van der Waals surface area (Å²) < 4.78 is 14.8. The summed E-state index contributed by atoms with van der Waals surface area (Å²) in [5.41, 5.74) is 4.44. The molecule has 0 spiro atoms. The van der Waals surface area contributed by atoms with Crippen LogP contribution in [0.5, 0.6) is 0 Å². The lowest BCUT2D eigenvalue weighted by Gasteiger charge is -2.26. The van der Waals surface area contributed by atoms with Crippen molar-refractivity contribution in [3.8, 4) is 11.3 Å². The topological polar surface area (TPSA) is 63.1 Å². The number of carbonyl (C=O) groups is 1. The molecule has 4 heterocycles. The lowest BCUT2D eigenvalue weighted by Crippen LogP contribution is -2.31. The number of benzene rings is 1. The minimum Gasteiger partial charge on any atom is -0.384 e. The van der Waals surface area contributed by atoms with E-state index in [1.807, 2.05) is 36.5 Å². The first-order valence-electron chi connectivity index (χ1n) is 11.4. The van der Waals surface area contributed by atoms with Crippen molar-refractivity contribution < 1.29 is 8.68 Å². The molecule has 5 rings (SSSR count). The van der Waals surface area contributed by atoms with Crippen molar-refractivity contribution in [3.63, 3.8) is 0 Å². The zero-order valence-electron chi connectivity index (χ0n) is 18.3. The molecule has 0 bridgehead atoms. The number of aromatic nitrogens is 3. The fraction of sp³-hybridized carbons (Fsp3) is 0.320. The van der Waals surface area contributed by atoms with E-state index in [0.29, 0.717) is 17.5 Å². The number of hydrogen-bond donors (Lipinski definition) is 1. The maximum atomic E-state index is 13.5. The third-order valence-electron chi connectivity index (χ3n) is 6.30. The highest BCUT2D eigenvalue weighted by Gasteiger charge is 2.13. The number of carbonyl (C=O) groups excluding carboxylic acids is 1. The Morgan fingerprint density at radius 2 is 2.00 bits per heavy atom. The van der Waals surface area contributed by atoms with E-state index in [1.165, 1.54) is 36.3 Å². The third-order valence-corrected chi connectivity index (χ3v) is 6.84. The van der Waals surface area contributed by atoms with Crippen LogP contribution < -0.4 is 5.32 Å². The Labute approximate surface area is 196 Å². The van der Waals surface area contributed by atoms with E-state index in [-0.39, 0.29) is 12.3 Å². The molecule has 0 radical (unpaired) electrons. The molecule has 8 heteroatoms. The molecule has 0 atom stereocenters. The lowest BCUT2D eigenvalue weighted by atomic mass is 10.1. The van der Waals surface area contributed by atoms with Crippen LogP contribution in [0.3, 0.4) is 0 Å². The van der Waals surface area contributed by atoms with Gasteiger partial charge in [0, 0.05) is 41.0 Å². The number of anilines is 1. The molecule has 6 nitrogen and oxygen atoms in total. The van der Waals surface area contributed by atoms with Gasteiger partial charge in [0.2, 0.25) is 0 Å². The predicted octanol–water partition coefficient (Wildman–Crippen LogP) is 5.73. The molecule has 170 valence electrons. The second-order valence-electron chi connectivity index (χ2n) is 8.45. The maximum Gasteiger partial charge on any atom is 0.170 e. The molecule has 0 aliphatic carbocycles. The molecule has 33 heavy (non-hydrogen) atoms. The Hall–Kier alpha value is -2.97. The van der Waals surface area contributed by atoms with Gasteiger partial charge in [-0.15, -0.1) is 3.89 Å². The zero-order chi connectivity index (χ0) is 22.6. The van der Waals surface area contributed by atoms with Gasteiger partial charge in [-0.1, -0.05) is 18.6 Å². The lowest BCUT2D eigenvalue weighted by molar-refractivity contribution is 0.111. The summed E-state index contributed by atoms with van der Waals surface area (Å²) >= 11 is 0.0314. The van der Waals surface area contributed by atoms with Gasteiger partial charge in [-0.3, -0.25) is 13.8 Å². The van der Waals surface area contributed by atoms with Crippen LogP contribution in [-0.4, -0.2) is 51.3 Å². The van der Waals surface area contributed by atoms with Crippen molar-refractivity contribution in [2.75, 3.05) is 31.5 Å². The van der Waals surface area contributed by atoms with Gasteiger partial charge in [-0.2, -0.15) is 0 Å². The highest BCUT2D eigenvalue weighted by molar-refractivity contribution is 7.93. The fourth-order valence-corrected chi connectivity index (χ4v) is 5.00. The van der Waals surface area contributed by atoms with E-state index in [2.05, 4.69) is 15.2 Å². The van der Waals surface area contributed by atoms with Crippen molar-refractivity contribution in [1.82, 2.24) is 18.8 Å². The van der Waals surface area contributed by atoms with E-state index in [0.717, 1.165) is 52.7 Å². The van der Waals surface area contributed by atoms with Crippen LogP contribution in [-0.2, 0) is 0 Å². The largest absolute Gasteiger partial charge is 0.384 e. The highest BCUT2D eigenvalue weighted by Crippen LogP contribution is 2.32. The number of likely N-dealkylation sites (tertiary alicyclic amines) is 1. The maximum absolute atomic E-state index is 13.5. The Bertz CT molecular complexity index is 1280. The van der Waals surface area contributed by atoms with Gasteiger partial charge in [-0.05, 0) is 63.2 Å². The summed E-state index contributed by atoms with van der Waals surface area (Å²) in [5.74, 6) is 0. The van der Waals surface area contributed by atoms with Gasteiger partial charge in [0.15, 0.2) is 18.6 Å². The standard InChI is InChI=1S/C25H26FN5OS/c26-33-31-20(17-32)13-19-6-5-18(14-25(19)31)23-15-24(21-16-27-9-7-22(21)29-23)28-8-4-12-30-10-2-1-3-11-30/h5-7,9,13-17H,1-4,8,10-12H2,(H,28,29). The smallest absolute Gasteiger partial charge is 0.170 e. The molecule has 1 aromatic carbocycles. The molecular weight excluding hydrogens is 437 g/mol. The van der Waals surface area contributed by atoms with Crippen molar-refractivity contribution in [2.24, 2.45) is 0 Å². The number of hydrogen-bond acceptors (Lipinski definition) is 6. The third kappa shape index (κ3) is 4.58. The normalized spacial score (nSPS) is 14.7. The second kappa shape index (κ2) is 9.89. The SMILES string of the molecule is O=Cc1cc2ccc(-c3cc(NCCCN4CCCCC4)c4cnccc4n3)cc2n1SF. The van der Waals surface area contributed by atoms with Gasteiger partial charge in [0.25, 0.3) is 0 Å². The summed E-state index contributed by atoms with van der Waals surface area (Å²) in [6.45, 7) is 4.39. The molecule has 4 aromatic rings. The summed E-state index contributed by atoms with van der Waals surface area (Å²) in [6, 6.07) is 11.4.